The predicted molar refractivity (Wildman–Crippen MR) is 122 cm³/mol. The van der Waals surface area contributed by atoms with Crippen molar-refractivity contribution < 1.29 is 44.4 Å². The van der Waals surface area contributed by atoms with Crippen LogP contribution < -0.4 is 39.8 Å². The fourth-order valence-electron chi connectivity index (χ4n) is 3.60. The van der Waals surface area contributed by atoms with Gasteiger partial charge in [0, 0.05) is 25.6 Å². The Balaban J connectivity index is 0.00000512. The number of aromatic nitrogens is 1. The third-order valence-corrected chi connectivity index (χ3v) is 5.38. The molecule has 1 aromatic heterocycles. The summed E-state index contributed by atoms with van der Waals surface area (Å²) in [5.74, 6) is -0.619. The van der Waals surface area contributed by atoms with E-state index in [1.165, 1.54) is 4.90 Å². The standard InChI is InChI=1S/C24H33N4O3.Na/c1-17(2)13-21(18(3)15-26-31)23(29)27-22(14-19-9-6-5-7-10-19)24(30)28(4)20-11-8-12-25-16-20;/h5-12,16-18,21-22,31H,13-15H2,1-4H3,(H,27,29);/q-1;+1/t18-,21-,22+;/m1./s1. The number of carbonyl (C=O) groups is 2. The number of hydroxylamine groups is 1. The van der Waals surface area contributed by atoms with E-state index in [-0.39, 0.29) is 59.8 Å². The quantitative estimate of drug-likeness (QED) is 0.393. The number of carbonyl (C=O) groups excluding carboxylic acids is 2. The van der Waals surface area contributed by atoms with Gasteiger partial charge in [-0.2, -0.15) is 0 Å². The number of benzene rings is 1. The summed E-state index contributed by atoms with van der Waals surface area (Å²) in [6.07, 6.45) is 4.29. The number of nitrogens with one attached hydrogen (secondary N) is 1. The molecule has 168 valence electrons. The van der Waals surface area contributed by atoms with Gasteiger partial charge in [0.1, 0.15) is 6.04 Å². The van der Waals surface area contributed by atoms with E-state index in [1.54, 1.807) is 31.6 Å². The van der Waals surface area contributed by atoms with Crippen LogP contribution in [0.1, 0.15) is 32.8 Å². The van der Waals surface area contributed by atoms with Gasteiger partial charge in [-0.25, -0.2) is 0 Å². The zero-order valence-corrected chi connectivity index (χ0v) is 21.7. The molecule has 32 heavy (non-hydrogen) atoms. The molecule has 2 N–H and O–H groups in total. The van der Waals surface area contributed by atoms with Crippen molar-refractivity contribution in [2.45, 2.75) is 39.7 Å². The topological polar surface area (TPSA) is 96.6 Å². The van der Waals surface area contributed by atoms with Gasteiger partial charge in [-0.1, -0.05) is 57.0 Å². The molecule has 8 heteroatoms. The Hall–Kier alpha value is -1.77. The van der Waals surface area contributed by atoms with Crippen molar-refractivity contribution in [2.75, 3.05) is 18.5 Å². The third kappa shape index (κ3) is 8.64. The first-order valence-corrected chi connectivity index (χ1v) is 10.7. The summed E-state index contributed by atoms with van der Waals surface area (Å²) in [6.45, 7) is 6.16. The molecule has 0 radical (unpaired) electrons. The van der Waals surface area contributed by atoms with E-state index in [4.69, 9.17) is 5.21 Å². The van der Waals surface area contributed by atoms with Gasteiger partial charge in [-0.15, -0.1) is 6.54 Å². The van der Waals surface area contributed by atoms with E-state index in [0.29, 0.717) is 24.4 Å². The van der Waals surface area contributed by atoms with Crippen LogP contribution in [-0.4, -0.2) is 41.6 Å². The average molecular weight is 449 g/mol. The summed E-state index contributed by atoms with van der Waals surface area (Å²) in [7, 11) is 1.68. The van der Waals surface area contributed by atoms with Crippen molar-refractivity contribution in [3.63, 3.8) is 0 Å². The number of hydrogen-bond acceptors (Lipinski definition) is 4. The smallest absolute Gasteiger partial charge is 0.537 e. The fraction of sp³-hybridized carbons (Fsp3) is 0.458. The van der Waals surface area contributed by atoms with Crippen LogP contribution in [0.15, 0.2) is 54.9 Å². The first kappa shape index (κ1) is 28.3. The van der Waals surface area contributed by atoms with Crippen molar-refractivity contribution in [1.29, 1.82) is 0 Å². The van der Waals surface area contributed by atoms with E-state index in [2.05, 4.69) is 15.8 Å². The molecule has 0 bridgehead atoms. The van der Waals surface area contributed by atoms with Crippen LogP contribution >= 0.6 is 0 Å². The molecule has 1 heterocycles. The van der Waals surface area contributed by atoms with Crippen LogP contribution in [0.25, 0.3) is 5.48 Å². The van der Waals surface area contributed by atoms with Gasteiger partial charge in [0.2, 0.25) is 11.8 Å². The van der Waals surface area contributed by atoms with Gasteiger partial charge in [-0.05, 0) is 30.0 Å². The van der Waals surface area contributed by atoms with Gasteiger partial charge in [0.05, 0.1) is 11.9 Å². The molecule has 2 amide bonds. The van der Waals surface area contributed by atoms with Crippen molar-refractivity contribution in [2.24, 2.45) is 17.8 Å². The number of hydrogen-bond donors (Lipinski definition) is 2. The van der Waals surface area contributed by atoms with Crippen LogP contribution in [0, 0.1) is 17.8 Å². The maximum Gasteiger partial charge on any atom is 1.00 e. The molecule has 0 aliphatic heterocycles. The van der Waals surface area contributed by atoms with E-state index >= 15 is 0 Å². The molecule has 2 rings (SSSR count). The minimum atomic E-state index is -0.729. The molecular formula is C24H33N4NaO3. The number of nitrogens with zero attached hydrogens (tertiary/aromatic N) is 3. The van der Waals surface area contributed by atoms with Crippen LogP contribution in [0.5, 0.6) is 0 Å². The molecule has 1 aromatic carbocycles. The molecular weight excluding hydrogens is 415 g/mol. The molecule has 0 saturated carbocycles. The Morgan fingerprint density at radius 1 is 1.12 bits per heavy atom. The summed E-state index contributed by atoms with van der Waals surface area (Å²) >= 11 is 0. The zero-order valence-electron chi connectivity index (χ0n) is 19.7. The van der Waals surface area contributed by atoms with Crippen molar-refractivity contribution in [3.8, 4) is 0 Å². The molecule has 0 spiro atoms. The van der Waals surface area contributed by atoms with E-state index in [1.807, 2.05) is 51.1 Å². The van der Waals surface area contributed by atoms with Crippen molar-refractivity contribution in [1.82, 2.24) is 10.3 Å². The molecule has 0 saturated heterocycles. The molecule has 2 aromatic rings. The number of pyridine rings is 1. The predicted octanol–water partition coefficient (Wildman–Crippen LogP) is 0.837. The zero-order chi connectivity index (χ0) is 22.8. The molecule has 0 aliphatic rings. The van der Waals surface area contributed by atoms with Crippen molar-refractivity contribution in [3.05, 3.63) is 65.9 Å². The molecule has 3 atom stereocenters. The Kier molecular flexibility index (Phi) is 12.7. The SMILES string of the molecule is CC(C)C[C@@H](C(=O)N[C@@H](Cc1ccccc1)C(=O)N(C)c1cccnc1)[C@H](C)C[N-]O.[Na+]. The van der Waals surface area contributed by atoms with Gasteiger partial charge in [0.15, 0.2) is 0 Å². The summed E-state index contributed by atoms with van der Waals surface area (Å²) in [5.41, 5.74) is 4.85. The van der Waals surface area contributed by atoms with Crippen LogP contribution in [0.3, 0.4) is 0 Å². The maximum atomic E-state index is 13.3. The van der Waals surface area contributed by atoms with E-state index in [9.17, 15) is 9.59 Å². The number of amides is 2. The number of anilines is 1. The second-order valence-corrected chi connectivity index (χ2v) is 8.40. The minimum absolute atomic E-state index is 0. The van der Waals surface area contributed by atoms with Crippen LogP contribution in [-0.2, 0) is 16.0 Å². The largest absolute Gasteiger partial charge is 1.00 e. The monoisotopic (exact) mass is 448 g/mol. The van der Waals surface area contributed by atoms with Gasteiger partial charge in [-0.3, -0.25) is 14.6 Å². The minimum Gasteiger partial charge on any atom is -0.537 e. The van der Waals surface area contributed by atoms with Gasteiger partial charge >= 0.3 is 29.6 Å². The van der Waals surface area contributed by atoms with Gasteiger partial charge in [0.25, 0.3) is 0 Å². The van der Waals surface area contributed by atoms with Crippen LogP contribution in [0.2, 0.25) is 0 Å². The Morgan fingerprint density at radius 2 is 1.81 bits per heavy atom. The third-order valence-electron chi connectivity index (χ3n) is 5.38. The number of likely N-dealkylation sites (N-methyl/N-ethyl adjacent to an activating group) is 1. The second-order valence-electron chi connectivity index (χ2n) is 8.40. The van der Waals surface area contributed by atoms with E-state index < -0.39 is 6.04 Å². The average Bonchev–Trinajstić information content (AvgIpc) is 2.77. The summed E-state index contributed by atoms with van der Waals surface area (Å²) in [4.78, 5) is 32.2. The van der Waals surface area contributed by atoms with Crippen LogP contribution in [0.4, 0.5) is 5.69 Å². The molecule has 7 nitrogen and oxygen atoms in total. The Labute approximate surface area is 213 Å². The first-order valence-electron chi connectivity index (χ1n) is 10.7. The Bertz CT molecular complexity index is 821. The number of rotatable bonds is 11. The molecule has 0 unspecified atom stereocenters. The summed E-state index contributed by atoms with van der Waals surface area (Å²) in [6, 6.07) is 12.5. The fourth-order valence-corrected chi connectivity index (χ4v) is 3.60. The maximum absolute atomic E-state index is 13.3. The Morgan fingerprint density at radius 3 is 2.38 bits per heavy atom. The summed E-state index contributed by atoms with van der Waals surface area (Å²) in [5, 5.41) is 12.0. The summed E-state index contributed by atoms with van der Waals surface area (Å²) < 4.78 is 0. The molecule has 0 aliphatic carbocycles. The second kappa shape index (κ2) is 14.4. The molecule has 0 fully saturated rings. The normalized spacial score (nSPS) is 13.6. The van der Waals surface area contributed by atoms with Gasteiger partial charge < -0.3 is 20.9 Å². The van der Waals surface area contributed by atoms with E-state index in [0.717, 1.165) is 5.56 Å². The van der Waals surface area contributed by atoms with Crippen molar-refractivity contribution >= 4 is 17.5 Å². The first-order chi connectivity index (χ1) is 14.8.